The summed E-state index contributed by atoms with van der Waals surface area (Å²) in [4.78, 5) is 17.5. The average molecular weight is 396 g/mol. The van der Waals surface area contributed by atoms with Crippen molar-refractivity contribution in [1.29, 1.82) is 0 Å². The first-order valence-corrected chi connectivity index (χ1v) is 9.90. The van der Waals surface area contributed by atoms with E-state index in [0.29, 0.717) is 11.5 Å². The minimum atomic E-state index is -0.338. The van der Waals surface area contributed by atoms with Crippen LogP contribution in [-0.2, 0) is 0 Å². The molecule has 0 radical (unpaired) electrons. The van der Waals surface area contributed by atoms with Gasteiger partial charge in [-0.3, -0.25) is 4.79 Å². The van der Waals surface area contributed by atoms with Crippen LogP contribution in [0.25, 0.3) is 17.1 Å². The normalized spacial score (nSPS) is 10.8. The predicted octanol–water partition coefficient (Wildman–Crippen LogP) is 5.42. The minimum absolute atomic E-state index is 0.130. The lowest BCUT2D eigenvalue weighted by Gasteiger charge is -2.09. The Labute approximate surface area is 176 Å². The van der Waals surface area contributed by atoms with Crippen molar-refractivity contribution in [1.82, 2.24) is 14.8 Å². The summed E-state index contributed by atoms with van der Waals surface area (Å²) in [5.41, 5.74) is 7.11. The van der Waals surface area contributed by atoms with E-state index in [1.165, 1.54) is 5.56 Å². The number of rotatable bonds is 4. The van der Waals surface area contributed by atoms with Crippen LogP contribution in [0.3, 0.4) is 0 Å². The van der Waals surface area contributed by atoms with Crippen LogP contribution in [-0.4, -0.2) is 20.7 Å². The number of hydrogen-bond donors (Lipinski definition) is 1. The number of nitrogens with zero attached hydrogens (tertiary/aromatic N) is 3. The molecular weight excluding hydrogens is 372 g/mol. The summed E-state index contributed by atoms with van der Waals surface area (Å²) in [5, 5.41) is 7.45. The Morgan fingerprint density at radius 2 is 1.60 bits per heavy atom. The number of carbonyl (C=O) groups is 1. The first kappa shape index (κ1) is 19.6. The number of aryl methyl sites for hydroxylation is 4. The quantitative estimate of drug-likeness (QED) is 0.501. The molecule has 150 valence electrons. The maximum absolute atomic E-state index is 12.9. The zero-order valence-electron chi connectivity index (χ0n) is 17.6. The molecule has 0 aliphatic carbocycles. The fourth-order valence-electron chi connectivity index (χ4n) is 3.24. The number of amides is 1. The molecule has 3 aromatic carbocycles. The Bertz CT molecular complexity index is 1220. The minimum Gasteiger partial charge on any atom is -0.319 e. The Kier molecular flexibility index (Phi) is 5.19. The van der Waals surface area contributed by atoms with Gasteiger partial charge in [-0.25, -0.2) is 9.67 Å². The van der Waals surface area contributed by atoms with Crippen molar-refractivity contribution >= 4 is 11.6 Å². The van der Waals surface area contributed by atoms with Crippen molar-refractivity contribution in [2.75, 3.05) is 5.32 Å². The number of benzene rings is 3. The molecule has 4 aromatic rings. The Balaban J connectivity index is 1.77. The van der Waals surface area contributed by atoms with Crippen molar-refractivity contribution in [3.8, 4) is 17.1 Å². The van der Waals surface area contributed by atoms with E-state index < -0.39 is 0 Å². The first-order chi connectivity index (χ1) is 14.4. The van der Waals surface area contributed by atoms with E-state index in [1.807, 2.05) is 68.4 Å². The van der Waals surface area contributed by atoms with Gasteiger partial charge in [-0.1, -0.05) is 47.5 Å². The Morgan fingerprint density at radius 3 is 2.30 bits per heavy atom. The zero-order chi connectivity index (χ0) is 21.3. The number of hydrogen-bond acceptors (Lipinski definition) is 3. The van der Waals surface area contributed by atoms with Gasteiger partial charge in [0.25, 0.3) is 5.91 Å². The average Bonchev–Trinajstić information content (AvgIpc) is 3.17. The van der Waals surface area contributed by atoms with E-state index in [0.717, 1.165) is 27.9 Å². The van der Waals surface area contributed by atoms with Gasteiger partial charge in [-0.15, -0.1) is 5.10 Å². The summed E-state index contributed by atoms with van der Waals surface area (Å²) in [6, 6.07) is 21.8. The van der Waals surface area contributed by atoms with Gasteiger partial charge in [0.15, 0.2) is 5.82 Å². The molecule has 1 aromatic heterocycles. The smallest absolute Gasteiger partial charge is 0.295 e. The lowest BCUT2D eigenvalue weighted by atomic mass is 10.1. The van der Waals surface area contributed by atoms with Crippen LogP contribution in [0.5, 0.6) is 0 Å². The van der Waals surface area contributed by atoms with Gasteiger partial charge in [0, 0.05) is 11.3 Å². The number of carbonyl (C=O) groups excluding carboxylic acids is 1. The highest BCUT2D eigenvalue weighted by atomic mass is 16.2. The third-order valence-electron chi connectivity index (χ3n) is 5.13. The molecule has 0 saturated carbocycles. The second-order valence-electron chi connectivity index (χ2n) is 7.63. The maximum Gasteiger partial charge on any atom is 0.295 e. The third kappa shape index (κ3) is 4.01. The predicted molar refractivity (Wildman–Crippen MR) is 120 cm³/mol. The molecule has 0 fully saturated rings. The molecule has 5 nitrogen and oxygen atoms in total. The van der Waals surface area contributed by atoms with Crippen LogP contribution in [0.2, 0.25) is 0 Å². The van der Waals surface area contributed by atoms with E-state index >= 15 is 0 Å². The van der Waals surface area contributed by atoms with Crippen molar-refractivity contribution in [3.05, 3.63) is 94.8 Å². The molecule has 0 unspecified atom stereocenters. The summed E-state index contributed by atoms with van der Waals surface area (Å²) < 4.78 is 1.74. The van der Waals surface area contributed by atoms with Gasteiger partial charge in [0.05, 0.1) is 5.69 Å². The molecule has 4 rings (SSSR count). The summed E-state index contributed by atoms with van der Waals surface area (Å²) in [6.45, 7) is 8.17. The highest BCUT2D eigenvalue weighted by molar-refractivity contribution is 6.01. The molecular formula is C25H24N4O. The summed E-state index contributed by atoms with van der Waals surface area (Å²) in [7, 11) is 0. The molecule has 5 heteroatoms. The van der Waals surface area contributed by atoms with Crippen LogP contribution in [0, 0.1) is 27.7 Å². The number of nitrogens with one attached hydrogen (secondary N) is 1. The molecule has 1 heterocycles. The van der Waals surface area contributed by atoms with Gasteiger partial charge in [-0.2, -0.15) is 0 Å². The van der Waals surface area contributed by atoms with Crippen LogP contribution in [0.15, 0.2) is 66.7 Å². The largest absolute Gasteiger partial charge is 0.319 e. The third-order valence-corrected chi connectivity index (χ3v) is 5.13. The highest BCUT2D eigenvalue weighted by Crippen LogP contribution is 2.24. The van der Waals surface area contributed by atoms with Crippen molar-refractivity contribution in [2.45, 2.75) is 27.7 Å². The van der Waals surface area contributed by atoms with Gasteiger partial charge in [0.1, 0.15) is 0 Å². The van der Waals surface area contributed by atoms with E-state index in [1.54, 1.807) is 4.68 Å². The molecule has 1 N–H and O–H groups in total. The topological polar surface area (TPSA) is 59.8 Å². The standard InChI is InChI=1S/C25H24N4O/c1-16-8-11-21(12-9-16)26-25(30)23-27-24(20-7-5-6-17(2)14-20)29(28-23)22-13-10-18(3)19(4)15-22/h5-15H,1-4H3,(H,26,30). The van der Waals surface area contributed by atoms with Crippen LogP contribution in [0.4, 0.5) is 5.69 Å². The van der Waals surface area contributed by atoms with Crippen LogP contribution in [0.1, 0.15) is 32.9 Å². The molecule has 0 aliphatic rings. The second-order valence-corrected chi connectivity index (χ2v) is 7.63. The molecule has 30 heavy (non-hydrogen) atoms. The zero-order valence-corrected chi connectivity index (χ0v) is 17.6. The van der Waals surface area contributed by atoms with Crippen molar-refractivity contribution in [2.24, 2.45) is 0 Å². The van der Waals surface area contributed by atoms with Gasteiger partial charge >= 0.3 is 0 Å². The molecule has 1 amide bonds. The van der Waals surface area contributed by atoms with Gasteiger partial charge < -0.3 is 5.32 Å². The lowest BCUT2D eigenvalue weighted by Crippen LogP contribution is -2.14. The Morgan fingerprint density at radius 1 is 0.833 bits per heavy atom. The first-order valence-electron chi connectivity index (χ1n) is 9.90. The number of anilines is 1. The fourth-order valence-corrected chi connectivity index (χ4v) is 3.24. The van der Waals surface area contributed by atoms with Crippen molar-refractivity contribution < 1.29 is 4.79 Å². The second kappa shape index (κ2) is 7.95. The highest BCUT2D eigenvalue weighted by Gasteiger charge is 2.19. The van der Waals surface area contributed by atoms with Gasteiger partial charge in [0.2, 0.25) is 5.82 Å². The van der Waals surface area contributed by atoms with Gasteiger partial charge in [-0.05, 0) is 69.2 Å². The van der Waals surface area contributed by atoms with Crippen LogP contribution < -0.4 is 5.32 Å². The van der Waals surface area contributed by atoms with E-state index in [4.69, 9.17) is 0 Å². The number of aromatic nitrogens is 3. The molecule has 0 atom stereocenters. The Hall–Kier alpha value is -3.73. The van der Waals surface area contributed by atoms with E-state index in [2.05, 4.69) is 41.4 Å². The molecule has 0 saturated heterocycles. The van der Waals surface area contributed by atoms with Crippen molar-refractivity contribution in [3.63, 3.8) is 0 Å². The fraction of sp³-hybridized carbons (Fsp3) is 0.160. The summed E-state index contributed by atoms with van der Waals surface area (Å²) in [5.74, 6) is 0.427. The summed E-state index contributed by atoms with van der Waals surface area (Å²) >= 11 is 0. The summed E-state index contributed by atoms with van der Waals surface area (Å²) in [6.07, 6.45) is 0. The SMILES string of the molecule is Cc1ccc(NC(=O)c2nc(-c3cccc(C)c3)n(-c3ccc(C)c(C)c3)n2)cc1. The molecule has 0 aliphatic heterocycles. The monoisotopic (exact) mass is 396 g/mol. The van der Waals surface area contributed by atoms with E-state index in [-0.39, 0.29) is 11.7 Å². The lowest BCUT2D eigenvalue weighted by molar-refractivity contribution is 0.101. The van der Waals surface area contributed by atoms with E-state index in [9.17, 15) is 4.79 Å². The molecule has 0 bridgehead atoms. The van der Waals surface area contributed by atoms with Crippen LogP contribution >= 0.6 is 0 Å². The molecule has 0 spiro atoms. The maximum atomic E-state index is 12.9.